The van der Waals surface area contributed by atoms with E-state index in [1.54, 1.807) is 0 Å². The number of rotatable bonds is 7. The number of nitrogens with two attached hydrogens (primary N) is 1. The average Bonchev–Trinajstić information content (AvgIpc) is 2.84. The van der Waals surface area contributed by atoms with Crippen molar-refractivity contribution in [2.24, 2.45) is 5.73 Å². The van der Waals surface area contributed by atoms with E-state index in [2.05, 4.69) is 33.6 Å². The lowest BCUT2D eigenvalue weighted by atomic mass is 10.0. The number of likely N-dealkylation sites (tertiary alicyclic amines) is 1. The van der Waals surface area contributed by atoms with Gasteiger partial charge in [-0.3, -0.25) is 0 Å². The predicted octanol–water partition coefficient (Wildman–Crippen LogP) is 2.11. The molecule has 0 saturated carbocycles. The summed E-state index contributed by atoms with van der Waals surface area (Å²) in [4.78, 5) is 2.51. The molecule has 0 bridgehead atoms. The molecular formula is C14H27N5S. The standard InChI is InChI=1S/C14H27N5S/c1-3-8-19-13(11-15)16-17-14(19)20-10-7-12-6-4-5-9-18(12)2/h12H,3-11,15H2,1-2H3. The minimum Gasteiger partial charge on any atom is -0.324 e. The van der Waals surface area contributed by atoms with E-state index in [0.717, 1.165) is 35.7 Å². The number of thioether (sulfide) groups is 1. The van der Waals surface area contributed by atoms with Gasteiger partial charge in [0.25, 0.3) is 0 Å². The summed E-state index contributed by atoms with van der Waals surface area (Å²) >= 11 is 1.83. The van der Waals surface area contributed by atoms with Crippen LogP contribution in [0.5, 0.6) is 0 Å². The summed E-state index contributed by atoms with van der Waals surface area (Å²) in [6, 6.07) is 0.743. The molecule has 20 heavy (non-hydrogen) atoms. The molecule has 2 heterocycles. The van der Waals surface area contributed by atoms with E-state index in [1.165, 1.54) is 32.2 Å². The predicted molar refractivity (Wildman–Crippen MR) is 83.8 cm³/mol. The van der Waals surface area contributed by atoms with E-state index in [0.29, 0.717) is 6.54 Å². The van der Waals surface area contributed by atoms with E-state index in [-0.39, 0.29) is 0 Å². The highest BCUT2D eigenvalue weighted by molar-refractivity contribution is 7.99. The first kappa shape index (κ1) is 15.8. The minimum absolute atomic E-state index is 0.471. The zero-order valence-corrected chi connectivity index (χ0v) is 13.5. The second-order valence-corrected chi connectivity index (χ2v) is 6.58. The van der Waals surface area contributed by atoms with Crippen molar-refractivity contribution >= 4 is 11.8 Å². The van der Waals surface area contributed by atoms with Crippen LogP contribution in [-0.2, 0) is 13.1 Å². The molecule has 6 heteroatoms. The third kappa shape index (κ3) is 3.96. The maximum absolute atomic E-state index is 5.72. The second kappa shape index (κ2) is 8.00. The molecule has 2 N–H and O–H groups in total. The van der Waals surface area contributed by atoms with E-state index in [4.69, 9.17) is 5.73 Å². The third-order valence-corrected chi connectivity index (χ3v) is 5.03. The Balaban J connectivity index is 1.85. The topological polar surface area (TPSA) is 60.0 Å². The van der Waals surface area contributed by atoms with Gasteiger partial charge < -0.3 is 15.2 Å². The van der Waals surface area contributed by atoms with Gasteiger partial charge >= 0.3 is 0 Å². The molecule has 1 aliphatic heterocycles. The van der Waals surface area contributed by atoms with E-state index >= 15 is 0 Å². The number of aromatic nitrogens is 3. The van der Waals surface area contributed by atoms with Crippen molar-refractivity contribution in [3.05, 3.63) is 5.82 Å². The first-order valence-corrected chi connectivity index (χ1v) is 8.70. The fraction of sp³-hybridized carbons (Fsp3) is 0.857. The summed E-state index contributed by atoms with van der Waals surface area (Å²) in [5.41, 5.74) is 5.72. The highest BCUT2D eigenvalue weighted by Gasteiger charge is 2.19. The average molecular weight is 297 g/mol. The molecule has 1 aliphatic rings. The van der Waals surface area contributed by atoms with Gasteiger partial charge in [-0.25, -0.2) is 0 Å². The molecule has 1 fully saturated rings. The van der Waals surface area contributed by atoms with Gasteiger partial charge in [-0.15, -0.1) is 10.2 Å². The molecule has 5 nitrogen and oxygen atoms in total. The Morgan fingerprint density at radius 3 is 2.90 bits per heavy atom. The van der Waals surface area contributed by atoms with Crippen molar-refractivity contribution in [2.45, 2.75) is 63.3 Å². The smallest absolute Gasteiger partial charge is 0.191 e. The number of hydrogen-bond donors (Lipinski definition) is 1. The molecule has 0 aromatic carbocycles. The lowest BCUT2D eigenvalue weighted by molar-refractivity contribution is 0.182. The quantitative estimate of drug-likeness (QED) is 0.781. The zero-order valence-electron chi connectivity index (χ0n) is 12.7. The molecule has 1 aromatic rings. The van der Waals surface area contributed by atoms with Crippen LogP contribution >= 0.6 is 11.8 Å². The van der Waals surface area contributed by atoms with E-state index < -0.39 is 0 Å². The molecule has 1 unspecified atom stereocenters. The Morgan fingerprint density at radius 2 is 2.20 bits per heavy atom. The monoisotopic (exact) mass is 297 g/mol. The molecule has 1 aromatic heterocycles. The summed E-state index contributed by atoms with van der Waals surface area (Å²) in [5.74, 6) is 2.02. The first-order valence-electron chi connectivity index (χ1n) is 7.71. The SMILES string of the molecule is CCCn1c(CN)nnc1SCCC1CCCCN1C. The highest BCUT2D eigenvalue weighted by Crippen LogP contribution is 2.23. The van der Waals surface area contributed by atoms with Crippen LogP contribution in [0.1, 0.15) is 44.9 Å². The van der Waals surface area contributed by atoms with Crippen LogP contribution in [0.25, 0.3) is 0 Å². The van der Waals surface area contributed by atoms with Crippen molar-refractivity contribution in [2.75, 3.05) is 19.3 Å². The normalized spacial score (nSPS) is 20.4. The minimum atomic E-state index is 0.471. The molecule has 2 rings (SSSR count). The fourth-order valence-corrected chi connectivity index (χ4v) is 3.84. The molecule has 0 amide bonds. The molecule has 0 radical (unpaired) electrons. The van der Waals surface area contributed by atoms with Crippen LogP contribution in [0, 0.1) is 0 Å². The maximum atomic E-state index is 5.72. The summed E-state index contributed by atoms with van der Waals surface area (Å²) in [6.45, 7) is 4.86. The van der Waals surface area contributed by atoms with Gasteiger partial charge in [0.05, 0.1) is 6.54 Å². The van der Waals surface area contributed by atoms with Gasteiger partial charge in [0, 0.05) is 18.3 Å². The van der Waals surface area contributed by atoms with Crippen molar-refractivity contribution in [1.29, 1.82) is 0 Å². The molecule has 1 saturated heterocycles. The summed E-state index contributed by atoms with van der Waals surface area (Å²) in [7, 11) is 2.25. The fourth-order valence-electron chi connectivity index (χ4n) is 2.82. The van der Waals surface area contributed by atoms with Crippen LogP contribution in [0.15, 0.2) is 5.16 Å². The Kier molecular flexibility index (Phi) is 6.32. The Bertz CT molecular complexity index is 406. The number of nitrogens with zero attached hydrogens (tertiary/aromatic N) is 4. The molecule has 1 atom stereocenters. The Morgan fingerprint density at radius 1 is 1.35 bits per heavy atom. The maximum Gasteiger partial charge on any atom is 0.191 e. The lowest BCUT2D eigenvalue weighted by Crippen LogP contribution is -2.36. The molecule has 114 valence electrons. The van der Waals surface area contributed by atoms with Crippen LogP contribution in [0.3, 0.4) is 0 Å². The summed E-state index contributed by atoms with van der Waals surface area (Å²) in [6.07, 6.45) is 6.39. The highest BCUT2D eigenvalue weighted by atomic mass is 32.2. The van der Waals surface area contributed by atoms with Gasteiger partial charge in [-0.2, -0.15) is 0 Å². The van der Waals surface area contributed by atoms with E-state index in [1.807, 2.05) is 11.8 Å². The largest absolute Gasteiger partial charge is 0.324 e. The van der Waals surface area contributed by atoms with Crippen LogP contribution < -0.4 is 5.73 Å². The number of piperidine rings is 1. The molecular weight excluding hydrogens is 270 g/mol. The summed E-state index contributed by atoms with van der Waals surface area (Å²) < 4.78 is 2.18. The lowest BCUT2D eigenvalue weighted by Gasteiger charge is -2.32. The van der Waals surface area contributed by atoms with Crippen LogP contribution in [0.2, 0.25) is 0 Å². The van der Waals surface area contributed by atoms with Gasteiger partial charge in [-0.1, -0.05) is 25.1 Å². The van der Waals surface area contributed by atoms with Crippen molar-refractivity contribution in [1.82, 2.24) is 19.7 Å². The first-order chi connectivity index (χ1) is 9.76. The van der Waals surface area contributed by atoms with E-state index in [9.17, 15) is 0 Å². The summed E-state index contributed by atoms with van der Waals surface area (Å²) in [5, 5.41) is 9.51. The van der Waals surface area contributed by atoms with Crippen LogP contribution in [-0.4, -0.2) is 45.1 Å². The van der Waals surface area contributed by atoms with Gasteiger partial charge in [0.15, 0.2) is 5.16 Å². The van der Waals surface area contributed by atoms with Crippen molar-refractivity contribution in [3.63, 3.8) is 0 Å². The molecule has 0 aliphatic carbocycles. The Hall–Kier alpha value is -0.590. The Labute approximate surface area is 126 Å². The second-order valence-electron chi connectivity index (χ2n) is 5.52. The van der Waals surface area contributed by atoms with Crippen molar-refractivity contribution < 1.29 is 0 Å². The zero-order chi connectivity index (χ0) is 14.4. The van der Waals surface area contributed by atoms with Crippen LogP contribution in [0.4, 0.5) is 0 Å². The van der Waals surface area contributed by atoms with Crippen molar-refractivity contribution in [3.8, 4) is 0 Å². The number of hydrogen-bond acceptors (Lipinski definition) is 5. The molecule has 0 spiro atoms. The van der Waals surface area contributed by atoms with Gasteiger partial charge in [0.2, 0.25) is 0 Å². The third-order valence-electron chi connectivity index (χ3n) is 4.03. The van der Waals surface area contributed by atoms with Gasteiger partial charge in [0.1, 0.15) is 5.82 Å². The van der Waals surface area contributed by atoms with Gasteiger partial charge in [-0.05, 0) is 39.3 Å².